The van der Waals surface area contributed by atoms with Crippen molar-refractivity contribution in [2.45, 2.75) is 215 Å². The molecule has 16 aromatic rings. The highest BCUT2D eigenvalue weighted by Gasteiger charge is 2.48. The summed E-state index contributed by atoms with van der Waals surface area (Å²) < 4.78 is 313. The van der Waals surface area contributed by atoms with E-state index in [1.807, 2.05) is 59.7 Å². The average Bonchev–Trinajstić information content (AvgIpc) is 0.666. The van der Waals surface area contributed by atoms with Gasteiger partial charge in [-0.15, -0.1) is 0 Å². The lowest BCUT2D eigenvalue weighted by Crippen LogP contribution is -2.61. The molecular formula is C125H129B2N5. The van der Waals surface area contributed by atoms with Crippen molar-refractivity contribution in [2.24, 2.45) is 0 Å². The maximum absolute atomic E-state index is 10.5. The number of para-hydroxylation sites is 1. The number of benzene rings is 16. The minimum atomic E-state index is -2.16. The van der Waals surface area contributed by atoms with Crippen molar-refractivity contribution in [3.63, 3.8) is 0 Å². The zero-order valence-corrected chi connectivity index (χ0v) is 79.8. The summed E-state index contributed by atoms with van der Waals surface area (Å²) in [5.41, 5.74) is 0.389. The number of nitrogens with zero attached hydrogens (tertiary/aromatic N) is 5. The van der Waals surface area contributed by atoms with E-state index in [9.17, 15) is 37.0 Å². The summed E-state index contributed by atoms with van der Waals surface area (Å²) in [5.74, 6) is -2.16. The van der Waals surface area contributed by atoms with Gasteiger partial charge in [0.15, 0.2) is 0 Å². The van der Waals surface area contributed by atoms with Crippen LogP contribution in [-0.4, -0.2) is 13.4 Å². The van der Waals surface area contributed by atoms with Crippen molar-refractivity contribution in [3.05, 3.63) is 400 Å². The van der Waals surface area contributed by atoms with Crippen molar-refractivity contribution >= 4 is 153 Å². The van der Waals surface area contributed by atoms with E-state index in [1.54, 1.807) is 83.1 Å². The van der Waals surface area contributed by atoms with E-state index in [1.165, 1.54) is 12.1 Å². The number of anilines is 15. The number of hydrogen-bond donors (Lipinski definition) is 0. The Hall–Kier alpha value is -12.8. The molecule has 5 nitrogen and oxygen atoms in total. The van der Waals surface area contributed by atoms with Gasteiger partial charge in [0.25, 0.3) is 13.4 Å². The Balaban J connectivity index is 0.000000208. The van der Waals surface area contributed by atoms with Crippen LogP contribution in [0.3, 0.4) is 0 Å². The van der Waals surface area contributed by atoms with E-state index in [4.69, 9.17) is 6.85 Å². The molecule has 4 heterocycles. The van der Waals surface area contributed by atoms with E-state index in [-0.39, 0.29) is 103 Å². The van der Waals surface area contributed by atoms with Crippen LogP contribution in [0.1, 0.15) is 277 Å². The fourth-order valence-electron chi connectivity index (χ4n) is 18.1. The Bertz CT molecular complexity index is 8730. The van der Waals surface area contributed by atoms with Crippen LogP contribution in [0.2, 0.25) is 0 Å². The Kier molecular flexibility index (Phi) is 14.3. The van der Waals surface area contributed by atoms with Crippen LogP contribution >= 0.6 is 0 Å². The number of hydrogen-bond acceptors (Lipinski definition) is 5. The summed E-state index contributed by atoms with van der Waals surface area (Å²) in [6.07, 6.45) is 0. The molecule has 0 N–H and O–H groups in total. The molecule has 7 heteroatoms. The lowest BCUT2D eigenvalue weighted by Gasteiger charge is -2.45. The first kappa shape index (κ1) is 58.1. The van der Waals surface area contributed by atoms with Crippen LogP contribution in [0.15, 0.2) is 339 Å². The predicted molar refractivity (Wildman–Crippen MR) is 574 cm³/mol. The van der Waals surface area contributed by atoms with Gasteiger partial charge in [-0.05, 0) is 269 Å². The molecule has 4 aliphatic heterocycles. The van der Waals surface area contributed by atoms with Crippen LogP contribution in [0.4, 0.5) is 85.3 Å². The van der Waals surface area contributed by atoms with Gasteiger partial charge in [-0.25, -0.2) is 0 Å². The molecule has 132 heavy (non-hydrogen) atoms. The quantitative estimate of drug-likeness (QED) is 0.0999. The monoisotopic (exact) mass is 1750 g/mol. The third-order valence-electron chi connectivity index (χ3n) is 25.4. The van der Waals surface area contributed by atoms with Gasteiger partial charge >= 0.3 is 0 Å². The van der Waals surface area contributed by atoms with Crippen molar-refractivity contribution in [1.82, 2.24) is 0 Å². The normalized spacial score (nSPS) is 17.3. The molecule has 16 aromatic carbocycles. The van der Waals surface area contributed by atoms with Crippen molar-refractivity contribution in [1.29, 1.82) is 0 Å². The predicted octanol–water partition coefficient (Wildman–Crippen LogP) is 30.9. The Morgan fingerprint density at radius 3 is 1.01 bits per heavy atom. The van der Waals surface area contributed by atoms with Crippen molar-refractivity contribution < 1.29 is 43.9 Å². The first-order chi connectivity index (χ1) is 75.9. The molecule has 0 bridgehead atoms. The van der Waals surface area contributed by atoms with E-state index in [2.05, 4.69) is 172 Å². The molecule has 1 atom stereocenters. The van der Waals surface area contributed by atoms with Gasteiger partial charge < -0.3 is 24.5 Å². The maximum Gasteiger partial charge on any atom is 0.252 e. The second-order valence-electron chi connectivity index (χ2n) is 43.3. The van der Waals surface area contributed by atoms with Crippen LogP contribution in [0.25, 0.3) is 21.5 Å². The summed E-state index contributed by atoms with van der Waals surface area (Å²) in [7, 11) is 0. The van der Waals surface area contributed by atoms with Gasteiger partial charge in [0.05, 0.1) is 55.2 Å². The second kappa shape index (κ2) is 32.6. The van der Waals surface area contributed by atoms with Gasteiger partial charge in [-0.1, -0.05) is 390 Å². The molecule has 0 aliphatic carbocycles. The van der Waals surface area contributed by atoms with Crippen LogP contribution < -0.4 is 57.3 Å². The second-order valence-corrected chi connectivity index (χ2v) is 43.3. The highest BCUT2D eigenvalue weighted by molar-refractivity contribution is 7.01. The molecule has 20 rings (SSSR count). The standard InChI is InChI=1S/C63H65BN2.C62H64BN3/c1-60(2,3)44-25-31-48(32-26-44)65-54-35-29-46(62(7,8)9)39-52(54)64-53-40-47(63(10,11)12)30-36-55(53)66(49-33-27-45(28-34-49)61(4,5)6)57-38-43(37-56(65)59(57)64)58(42-20-14-13-15-21-42)51-24-18-22-41-19-16-17-23-50(41)51;1-59(2,3)42-25-31-47(32-26-42)65-54-35-29-44(61(7,8)9)37-51(54)63-52-38-45(62(10,11)12)30-36-55(52)66(48-33-27-43(28-34-48)60(4,5)6)57-40-49(39-56(65)58(57)63)64(46-21-14-13-15-22-46)53-24-18-20-41-19-16-17-23-50(41)53/h13-40,58H,1-12H3;13-40H,1-12H3/i13D,14D,15D,16D,17D,18D,19D,20D,21D,22D,23D,24D,25D,26D,27D,28D,29D,30D,31D,32D,33D,34D,35D,36D,39D,40D;29D,30D,35D,36D,37D,38D. The summed E-state index contributed by atoms with van der Waals surface area (Å²) in [6.45, 7) is 42.8. The van der Waals surface area contributed by atoms with Crippen LogP contribution in [0.5, 0.6) is 0 Å². The van der Waals surface area contributed by atoms with Gasteiger partial charge in [-0.3, -0.25) is 0 Å². The zero-order chi connectivity index (χ0) is 121. The third-order valence-corrected chi connectivity index (χ3v) is 25.4. The van der Waals surface area contributed by atoms with E-state index >= 15 is 0 Å². The first-order valence-electron chi connectivity index (χ1n) is 61.4. The van der Waals surface area contributed by atoms with E-state index < -0.39 is 254 Å². The molecule has 0 radical (unpaired) electrons. The third kappa shape index (κ3) is 16.1. The summed E-state index contributed by atoms with van der Waals surface area (Å²) in [5, 5.41) is 0.913. The summed E-state index contributed by atoms with van der Waals surface area (Å²) >= 11 is 0. The zero-order valence-electron chi connectivity index (χ0n) is 112. The highest BCUT2D eigenvalue weighted by Crippen LogP contribution is 2.54. The van der Waals surface area contributed by atoms with Crippen molar-refractivity contribution in [3.8, 4) is 0 Å². The minimum absolute atomic E-state index is 0.00933. The van der Waals surface area contributed by atoms with E-state index in [0.29, 0.717) is 33.4 Å². The molecule has 0 fully saturated rings. The van der Waals surface area contributed by atoms with Crippen molar-refractivity contribution in [2.75, 3.05) is 24.5 Å². The Morgan fingerprint density at radius 1 is 0.250 bits per heavy atom. The topological polar surface area (TPSA) is 16.2 Å². The number of rotatable bonds is 10. The fourth-order valence-corrected chi connectivity index (χ4v) is 18.1. The molecule has 0 saturated carbocycles. The number of fused-ring (bicyclic) bond motifs is 10. The molecule has 0 spiro atoms. The highest BCUT2D eigenvalue weighted by atomic mass is 15.2. The summed E-state index contributed by atoms with van der Waals surface area (Å²) in [4.78, 5) is 8.68. The first-order valence-corrected chi connectivity index (χ1v) is 45.4. The van der Waals surface area contributed by atoms with Gasteiger partial charge in [0.1, 0.15) is 0 Å². The molecule has 0 amide bonds. The molecular weight excluding hydrogens is 1590 g/mol. The average molecular weight is 1760 g/mol. The minimum Gasteiger partial charge on any atom is -0.311 e. The lowest BCUT2D eigenvalue weighted by molar-refractivity contribution is 0.590. The lowest BCUT2D eigenvalue weighted by atomic mass is 9.33. The van der Waals surface area contributed by atoms with Gasteiger partial charge in [0, 0.05) is 85.2 Å². The van der Waals surface area contributed by atoms with Gasteiger partial charge in [0.2, 0.25) is 0 Å². The SMILES string of the molecule is [2H]c1c([2H])c(C(C)(C)C)c([2H])c2c1N(c1ccc(C(C)(C)C)cc1)c1cc(N(c3ccccc3)c3cccc4ccccc34)cc3c1B2c1c([2H])c(C(C)(C)C)c([2H])c([2H])c1N3c1ccc(C(C)(C)C)cc1.[2H]c1c([2H])c([2H])c(C(c2cc3c4c(c2)N(c2c([2H])c([2H])c(C(C)(C)C)c([2H])c2[2H])c2c([2H])c([2H])c(C(C)(C)C)c([2H])c2B4c2c([2H])c(C(C)(C)C)c([2H])c([2H])c2N3c2c([2H])c([2H])c(C(C)(C)C)c([2H])c2[2H])c2c([2H])c([2H])c([2H])c3c([2H])c([2H])c([2H])c([2H])c23)c([2H])c1[2H]. The molecule has 660 valence electrons. The summed E-state index contributed by atoms with van der Waals surface area (Å²) in [6, 6.07) is 29.9. The van der Waals surface area contributed by atoms with Crippen LogP contribution in [-0.2, 0) is 43.3 Å². The molecule has 0 saturated heterocycles. The van der Waals surface area contributed by atoms with Gasteiger partial charge in [-0.2, -0.15) is 0 Å². The molecule has 0 aromatic heterocycles. The fraction of sp³-hybridized carbons (Fsp3) is 0.264. The maximum atomic E-state index is 10.5. The Labute approximate surface area is 833 Å². The largest absolute Gasteiger partial charge is 0.311 e. The van der Waals surface area contributed by atoms with Crippen LogP contribution in [0, 0.1) is 0 Å². The Morgan fingerprint density at radius 2 is 0.598 bits per heavy atom. The molecule has 1 unspecified atom stereocenters. The smallest absolute Gasteiger partial charge is 0.252 e. The van der Waals surface area contributed by atoms with E-state index in [0.717, 1.165) is 77.0 Å². The molecule has 4 aliphatic rings.